The van der Waals surface area contributed by atoms with Gasteiger partial charge in [0.05, 0.1) is 12.7 Å². The average Bonchev–Trinajstić information content (AvgIpc) is 2.90. The number of fused-ring (bicyclic) bond motifs is 1. The van der Waals surface area contributed by atoms with Gasteiger partial charge in [-0.15, -0.1) is 6.58 Å². The highest BCUT2D eigenvalue weighted by atomic mass is 16.8. The zero-order valence-corrected chi connectivity index (χ0v) is 13.7. The summed E-state index contributed by atoms with van der Waals surface area (Å²) in [7, 11) is 0. The van der Waals surface area contributed by atoms with Crippen molar-refractivity contribution in [2.24, 2.45) is 0 Å². The molecule has 0 amide bonds. The predicted molar refractivity (Wildman–Crippen MR) is 80.2 cm³/mol. The molecule has 0 aliphatic carbocycles. The van der Waals surface area contributed by atoms with Crippen LogP contribution in [0.3, 0.4) is 0 Å². The third-order valence-electron chi connectivity index (χ3n) is 4.20. The number of ether oxygens (including phenoxy) is 4. The molecule has 2 aliphatic rings. The van der Waals surface area contributed by atoms with E-state index in [0.29, 0.717) is 6.61 Å². The fourth-order valence-electron chi connectivity index (χ4n) is 3.06. The second kappa shape index (κ2) is 6.95. The van der Waals surface area contributed by atoms with E-state index in [0.717, 1.165) is 12.8 Å². The maximum Gasteiger partial charge on any atom is 0.190 e. The maximum atomic E-state index is 10.5. The first-order valence-electron chi connectivity index (χ1n) is 7.95. The largest absolute Gasteiger partial charge is 0.393 e. The van der Waals surface area contributed by atoms with Gasteiger partial charge in [-0.1, -0.05) is 19.4 Å². The minimum Gasteiger partial charge on any atom is -0.393 e. The van der Waals surface area contributed by atoms with Gasteiger partial charge in [-0.2, -0.15) is 0 Å². The van der Waals surface area contributed by atoms with Crippen molar-refractivity contribution in [2.45, 2.75) is 76.0 Å². The van der Waals surface area contributed by atoms with Crippen LogP contribution in [0.4, 0.5) is 0 Å². The third kappa shape index (κ3) is 3.22. The first-order chi connectivity index (χ1) is 10.4. The van der Waals surface area contributed by atoms with Crippen molar-refractivity contribution in [2.75, 3.05) is 13.2 Å². The van der Waals surface area contributed by atoms with Crippen molar-refractivity contribution in [3.63, 3.8) is 0 Å². The lowest BCUT2D eigenvalue weighted by atomic mass is 9.88. The molecule has 2 rings (SSSR count). The van der Waals surface area contributed by atoms with E-state index in [9.17, 15) is 10.2 Å². The minimum atomic E-state index is -1.26. The van der Waals surface area contributed by atoms with Crippen LogP contribution in [-0.2, 0) is 18.9 Å². The van der Waals surface area contributed by atoms with Gasteiger partial charge in [0.2, 0.25) is 0 Å². The predicted octanol–water partition coefficient (Wildman–Crippen LogP) is 1.35. The summed E-state index contributed by atoms with van der Waals surface area (Å²) in [6.07, 6.45) is 1.09. The van der Waals surface area contributed by atoms with Crippen molar-refractivity contribution in [1.29, 1.82) is 0 Å². The summed E-state index contributed by atoms with van der Waals surface area (Å²) in [6, 6.07) is 0. The molecular weight excluding hydrogens is 288 g/mol. The third-order valence-corrected chi connectivity index (χ3v) is 4.20. The molecule has 0 unspecified atom stereocenters. The molecule has 0 aromatic carbocycles. The molecule has 22 heavy (non-hydrogen) atoms. The first-order valence-corrected chi connectivity index (χ1v) is 7.95. The Labute approximate surface area is 132 Å². The Kier molecular flexibility index (Phi) is 5.63. The normalized spacial score (nSPS) is 38.0. The van der Waals surface area contributed by atoms with Crippen LogP contribution in [0.5, 0.6) is 0 Å². The summed E-state index contributed by atoms with van der Waals surface area (Å²) in [5, 5.41) is 20.4. The molecule has 0 aromatic rings. The number of aliphatic hydroxyl groups excluding tert-OH is 2. The van der Waals surface area contributed by atoms with Gasteiger partial charge in [0.1, 0.15) is 17.8 Å². The summed E-state index contributed by atoms with van der Waals surface area (Å²) in [5.74, 6) is -0.771. The number of rotatable bonds is 8. The SMILES string of the molecule is C=CC[C@H](O)[C@@]1(CO)O[C@@H]2OC(C)(C)O[C@@H]2[C@H]1OCCCC. The highest BCUT2D eigenvalue weighted by molar-refractivity contribution is 5.08. The highest BCUT2D eigenvalue weighted by Gasteiger charge is 2.64. The van der Waals surface area contributed by atoms with E-state index in [1.807, 2.05) is 0 Å². The van der Waals surface area contributed by atoms with Gasteiger partial charge in [0.25, 0.3) is 0 Å². The maximum absolute atomic E-state index is 10.5. The van der Waals surface area contributed by atoms with Crippen LogP contribution in [0.25, 0.3) is 0 Å². The fourth-order valence-corrected chi connectivity index (χ4v) is 3.06. The van der Waals surface area contributed by atoms with Crippen LogP contribution >= 0.6 is 0 Å². The van der Waals surface area contributed by atoms with Crippen molar-refractivity contribution in [3.05, 3.63) is 12.7 Å². The highest BCUT2D eigenvalue weighted by Crippen LogP contribution is 2.45. The van der Waals surface area contributed by atoms with Gasteiger partial charge in [-0.3, -0.25) is 0 Å². The molecule has 6 heteroatoms. The lowest BCUT2D eigenvalue weighted by molar-refractivity contribution is -0.270. The summed E-state index contributed by atoms with van der Waals surface area (Å²) in [5.41, 5.74) is -1.26. The van der Waals surface area contributed by atoms with Crippen LogP contribution in [0.2, 0.25) is 0 Å². The van der Waals surface area contributed by atoms with E-state index < -0.39 is 36.0 Å². The van der Waals surface area contributed by atoms with Crippen LogP contribution in [0.1, 0.15) is 40.0 Å². The van der Waals surface area contributed by atoms with E-state index in [2.05, 4.69) is 13.5 Å². The zero-order chi connectivity index (χ0) is 16.4. The quantitative estimate of drug-likeness (QED) is 0.520. The Morgan fingerprint density at radius 3 is 2.64 bits per heavy atom. The zero-order valence-electron chi connectivity index (χ0n) is 13.7. The molecule has 6 nitrogen and oxygen atoms in total. The van der Waals surface area contributed by atoms with E-state index in [-0.39, 0.29) is 13.0 Å². The van der Waals surface area contributed by atoms with Crippen LogP contribution in [0, 0.1) is 0 Å². The summed E-state index contributed by atoms with van der Waals surface area (Å²) >= 11 is 0. The summed E-state index contributed by atoms with van der Waals surface area (Å²) < 4.78 is 23.4. The average molecular weight is 316 g/mol. The molecule has 2 heterocycles. The van der Waals surface area contributed by atoms with E-state index in [1.165, 1.54) is 0 Å². The monoisotopic (exact) mass is 316 g/mol. The lowest BCUT2D eigenvalue weighted by Gasteiger charge is -2.38. The van der Waals surface area contributed by atoms with Gasteiger partial charge in [-0.25, -0.2) is 0 Å². The number of hydrogen-bond donors (Lipinski definition) is 2. The van der Waals surface area contributed by atoms with Gasteiger partial charge in [-0.05, 0) is 26.7 Å². The van der Waals surface area contributed by atoms with Crippen molar-refractivity contribution in [3.8, 4) is 0 Å². The Balaban J connectivity index is 2.22. The van der Waals surface area contributed by atoms with Gasteiger partial charge in [0, 0.05) is 6.61 Å². The molecule has 2 aliphatic heterocycles. The number of hydrogen-bond acceptors (Lipinski definition) is 6. The van der Waals surface area contributed by atoms with Crippen molar-refractivity contribution >= 4 is 0 Å². The first kappa shape index (κ1) is 17.8. The van der Waals surface area contributed by atoms with Crippen LogP contribution in [0.15, 0.2) is 12.7 Å². The molecule has 0 saturated carbocycles. The summed E-state index contributed by atoms with van der Waals surface area (Å²) in [6.45, 7) is 9.45. The second-order valence-electron chi connectivity index (χ2n) is 6.38. The molecule has 0 aromatic heterocycles. The molecule has 2 N–H and O–H groups in total. The lowest BCUT2D eigenvalue weighted by Crippen LogP contribution is -2.57. The summed E-state index contributed by atoms with van der Waals surface area (Å²) in [4.78, 5) is 0. The number of aliphatic hydroxyl groups is 2. The Hall–Kier alpha value is -0.500. The van der Waals surface area contributed by atoms with Gasteiger partial charge >= 0.3 is 0 Å². The van der Waals surface area contributed by atoms with E-state index >= 15 is 0 Å². The topological polar surface area (TPSA) is 77.4 Å². The second-order valence-corrected chi connectivity index (χ2v) is 6.38. The Bertz CT molecular complexity index is 385. The van der Waals surface area contributed by atoms with E-state index in [4.69, 9.17) is 18.9 Å². The Morgan fingerprint density at radius 2 is 2.05 bits per heavy atom. The van der Waals surface area contributed by atoms with Crippen molar-refractivity contribution < 1.29 is 29.2 Å². The molecular formula is C16H28O6. The molecule has 0 radical (unpaired) electrons. The molecule has 0 spiro atoms. The molecule has 0 bridgehead atoms. The molecule has 2 fully saturated rings. The van der Waals surface area contributed by atoms with Gasteiger partial charge < -0.3 is 29.2 Å². The Morgan fingerprint density at radius 1 is 1.32 bits per heavy atom. The number of unbranched alkanes of at least 4 members (excludes halogenated alkanes) is 1. The van der Waals surface area contributed by atoms with E-state index in [1.54, 1.807) is 19.9 Å². The molecule has 2 saturated heterocycles. The van der Waals surface area contributed by atoms with Crippen molar-refractivity contribution in [1.82, 2.24) is 0 Å². The molecule has 5 atom stereocenters. The van der Waals surface area contributed by atoms with Crippen LogP contribution < -0.4 is 0 Å². The molecule has 128 valence electrons. The fraction of sp³-hybridized carbons (Fsp3) is 0.875. The van der Waals surface area contributed by atoms with Crippen LogP contribution in [-0.4, -0.2) is 59.4 Å². The minimum absolute atomic E-state index is 0.289. The van der Waals surface area contributed by atoms with Gasteiger partial charge in [0.15, 0.2) is 12.1 Å². The smallest absolute Gasteiger partial charge is 0.190 e. The standard InChI is InChI=1S/C16H28O6/c1-5-7-9-19-13-12-14(21-15(3,4)20-12)22-16(13,10-17)11(18)8-6-2/h6,11-14,17-18H,2,5,7-10H2,1,3-4H3/t11-,12+,13+,14-,16+/m0/s1.